The maximum Gasteiger partial charge on any atom is 0.159 e. The van der Waals surface area contributed by atoms with Gasteiger partial charge in [0.15, 0.2) is 11.5 Å². The van der Waals surface area contributed by atoms with Gasteiger partial charge in [-0.1, -0.05) is 6.08 Å². The number of hydrogen-bond donors (Lipinski definition) is 0. The standard InChI is InChI=1S/C11H12F2O/c1-8(14)10-6-5-9(12)4-3-7-11(10,2)13/h3,5-7H,4H2,1-2H3. The SMILES string of the molecule is CC(=O)C1=CC=C(F)CC=CC1(C)F. The van der Waals surface area contributed by atoms with Gasteiger partial charge in [0.05, 0.1) is 0 Å². The molecular formula is C11H12F2O. The highest BCUT2D eigenvalue weighted by atomic mass is 19.1. The van der Waals surface area contributed by atoms with E-state index in [1.807, 2.05) is 0 Å². The predicted molar refractivity (Wildman–Crippen MR) is 51.2 cm³/mol. The molecule has 0 aliphatic heterocycles. The summed E-state index contributed by atoms with van der Waals surface area (Å²) in [6.45, 7) is 2.55. The van der Waals surface area contributed by atoms with Crippen molar-refractivity contribution in [2.45, 2.75) is 25.9 Å². The zero-order chi connectivity index (χ0) is 10.8. The average Bonchev–Trinajstić information content (AvgIpc) is 2.00. The van der Waals surface area contributed by atoms with Crippen molar-refractivity contribution >= 4 is 5.78 Å². The number of Topliss-reactive ketones (excluding diaryl/α,β-unsaturated/α-hetero) is 1. The van der Waals surface area contributed by atoms with Crippen molar-refractivity contribution in [2.75, 3.05) is 0 Å². The summed E-state index contributed by atoms with van der Waals surface area (Å²) in [6.07, 6.45) is 5.02. The lowest BCUT2D eigenvalue weighted by Gasteiger charge is -2.18. The number of carbonyl (C=O) groups excluding carboxylic acids is 1. The number of carbonyl (C=O) groups is 1. The van der Waals surface area contributed by atoms with Gasteiger partial charge in [-0.05, 0) is 32.1 Å². The number of halogens is 2. The van der Waals surface area contributed by atoms with Crippen LogP contribution in [0.15, 0.2) is 35.7 Å². The third kappa shape index (κ3) is 2.37. The molecule has 0 bridgehead atoms. The second kappa shape index (κ2) is 3.86. The molecule has 76 valence electrons. The maximum absolute atomic E-state index is 13.8. The highest BCUT2D eigenvalue weighted by molar-refractivity contribution is 5.96. The van der Waals surface area contributed by atoms with Crippen molar-refractivity contribution in [3.05, 3.63) is 35.7 Å². The fourth-order valence-electron chi connectivity index (χ4n) is 1.35. The van der Waals surface area contributed by atoms with E-state index in [-0.39, 0.29) is 23.6 Å². The molecule has 0 radical (unpaired) electrons. The number of rotatable bonds is 1. The van der Waals surface area contributed by atoms with Crippen molar-refractivity contribution in [1.82, 2.24) is 0 Å². The number of hydrogen-bond acceptors (Lipinski definition) is 1. The molecule has 14 heavy (non-hydrogen) atoms. The van der Waals surface area contributed by atoms with Crippen molar-refractivity contribution in [3.63, 3.8) is 0 Å². The second-order valence-electron chi connectivity index (χ2n) is 3.43. The molecule has 1 unspecified atom stereocenters. The molecule has 0 aromatic rings. The van der Waals surface area contributed by atoms with Crippen LogP contribution in [0.5, 0.6) is 0 Å². The minimum atomic E-state index is -1.80. The lowest BCUT2D eigenvalue weighted by atomic mass is 9.92. The summed E-state index contributed by atoms with van der Waals surface area (Å²) in [5, 5.41) is 0. The summed E-state index contributed by atoms with van der Waals surface area (Å²) in [4.78, 5) is 11.1. The van der Waals surface area contributed by atoms with Crippen molar-refractivity contribution in [2.24, 2.45) is 0 Å². The van der Waals surface area contributed by atoms with E-state index in [4.69, 9.17) is 0 Å². The molecule has 0 aromatic heterocycles. The van der Waals surface area contributed by atoms with E-state index in [0.29, 0.717) is 0 Å². The Labute approximate surface area is 81.8 Å². The molecule has 1 nitrogen and oxygen atoms in total. The molecule has 0 spiro atoms. The Morgan fingerprint density at radius 3 is 2.71 bits per heavy atom. The third-order valence-corrected chi connectivity index (χ3v) is 2.08. The van der Waals surface area contributed by atoms with E-state index in [9.17, 15) is 13.6 Å². The smallest absolute Gasteiger partial charge is 0.159 e. The second-order valence-corrected chi connectivity index (χ2v) is 3.43. The Morgan fingerprint density at radius 2 is 2.14 bits per heavy atom. The fraction of sp³-hybridized carbons (Fsp3) is 0.364. The van der Waals surface area contributed by atoms with Gasteiger partial charge in [-0.3, -0.25) is 4.79 Å². The van der Waals surface area contributed by atoms with Crippen LogP contribution in [0.4, 0.5) is 8.78 Å². The molecule has 0 amide bonds. The van der Waals surface area contributed by atoms with Crippen molar-refractivity contribution in [3.8, 4) is 0 Å². The highest BCUT2D eigenvalue weighted by Gasteiger charge is 2.28. The van der Waals surface area contributed by atoms with Gasteiger partial charge in [-0.15, -0.1) is 0 Å². The first-order chi connectivity index (χ1) is 6.43. The molecule has 0 aromatic carbocycles. The van der Waals surface area contributed by atoms with Crippen LogP contribution in [0, 0.1) is 0 Å². The maximum atomic E-state index is 13.8. The number of ketones is 1. The van der Waals surface area contributed by atoms with Crippen LogP contribution in [0.25, 0.3) is 0 Å². The van der Waals surface area contributed by atoms with Gasteiger partial charge in [0, 0.05) is 12.0 Å². The highest BCUT2D eigenvalue weighted by Crippen LogP contribution is 2.26. The normalized spacial score (nSPS) is 27.4. The van der Waals surface area contributed by atoms with E-state index in [2.05, 4.69) is 0 Å². The Bertz CT molecular complexity index is 335. The van der Waals surface area contributed by atoms with Crippen LogP contribution in [-0.2, 0) is 4.79 Å². The van der Waals surface area contributed by atoms with E-state index in [1.54, 1.807) is 0 Å². The quantitative estimate of drug-likeness (QED) is 0.592. The van der Waals surface area contributed by atoms with E-state index >= 15 is 0 Å². The largest absolute Gasteiger partial charge is 0.295 e. The molecule has 0 saturated carbocycles. The van der Waals surface area contributed by atoms with Crippen LogP contribution in [0.1, 0.15) is 20.3 Å². The van der Waals surface area contributed by atoms with E-state index in [0.717, 1.165) is 6.08 Å². The molecule has 0 N–H and O–H groups in total. The summed E-state index contributed by atoms with van der Waals surface area (Å²) in [5.41, 5.74) is -1.83. The van der Waals surface area contributed by atoms with E-state index in [1.165, 1.54) is 32.1 Å². The first-order valence-corrected chi connectivity index (χ1v) is 4.38. The molecule has 3 heteroatoms. The molecule has 0 saturated heterocycles. The third-order valence-electron chi connectivity index (χ3n) is 2.08. The number of allylic oxidation sites excluding steroid dienone is 6. The molecule has 1 aliphatic rings. The van der Waals surface area contributed by atoms with Gasteiger partial charge >= 0.3 is 0 Å². The van der Waals surface area contributed by atoms with Crippen molar-refractivity contribution < 1.29 is 13.6 Å². The van der Waals surface area contributed by atoms with Crippen LogP contribution >= 0.6 is 0 Å². The lowest BCUT2D eigenvalue weighted by Crippen LogP contribution is -2.23. The first kappa shape index (κ1) is 10.8. The lowest BCUT2D eigenvalue weighted by molar-refractivity contribution is -0.114. The van der Waals surface area contributed by atoms with Crippen LogP contribution in [0.2, 0.25) is 0 Å². The zero-order valence-electron chi connectivity index (χ0n) is 8.18. The zero-order valence-corrected chi connectivity index (χ0v) is 8.18. The average molecular weight is 198 g/mol. The summed E-state index contributed by atoms with van der Waals surface area (Å²) in [5.74, 6) is -0.763. The molecule has 1 aliphatic carbocycles. The van der Waals surface area contributed by atoms with Crippen LogP contribution in [-0.4, -0.2) is 11.5 Å². The Kier molecular flexibility index (Phi) is 2.99. The number of alkyl halides is 1. The van der Waals surface area contributed by atoms with Crippen molar-refractivity contribution in [1.29, 1.82) is 0 Å². The van der Waals surface area contributed by atoms with Gasteiger partial charge in [0.2, 0.25) is 0 Å². The molecule has 1 atom stereocenters. The topological polar surface area (TPSA) is 17.1 Å². The predicted octanol–water partition coefficient (Wildman–Crippen LogP) is 3.04. The summed E-state index contributed by atoms with van der Waals surface area (Å²) < 4.78 is 26.7. The van der Waals surface area contributed by atoms with Gasteiger partial charge in [-0.2, -0.15) is 0 Å². The van der Waals surface area contributed by atoms with Crippen LogP contribution < -0.4 is 0 Å². The minimum absolute atomic E-state index is 0.0244. The van der Waals surface area contributed by atoms with E-state index < -0.39 is 5.67 Å². The first-order valence-electron chi connectivity index (χ1n) is 4.38. The summed E-state index contributed by atoms with van der Waals surface area (Å²) in [6, 6.07) is 0. The Hall–Kier alpha value is -1.25. The van der Waals surface area contributed by atoms with Gasteiger partial charge in [0.1, 0.15) is 5.83 Å². The Morgan fingerprint density at radius 1 is 1.50 bits per heavy atom. The monoisotopic (exact) mass is 198 g/mol. The summed E-state index contributed by atoms with van der Waals surface area (Å²) >= 11 is 0. The molecular weight excluding hydrogens is 186 g/mol. The minimum Gasteiger partial charge on any atom is -0.295 e. The van der Waals surface area contributed by atoms with Gasteiger partial charge < -0.3 is 0 Å². The van der Waals surface area contributed by atoms with Crippen LogP contribution in [0.3, 0.4) is 0 Å². The van der Waals surface area contributed by atoms with Gasteiger partial charge in [0.25, 0.3) is 0 Å². The summed E-state index contributed by atoms with van der Waals surface area (Å²) in [7, 11) is 0. The molecule has 0 heterocycles. The Balaban J connectivity index is 3.17. The molecule has 0 fully saturated rings. The van der Waals surface area contributed by atoms with Gasteiger partial charge in [-0.25, -0.2) is 8.78 Å². The molecule has 1 rings (SSSR count). The fourth-order valence-corrected chi connectivity index (χ4v) is 1.35.